The van der Waals surface area contributed by atoms with E-state index >= 15 is 0 Å². The smallest absolute Gasteiger partial charge is 0.254 e. The first-order chi connectivity index (χ1) is 10.1. The molecule has 0 unspecified atom stereocenters. The largest absolute Gasteiger partial charge is 0.336 e. The second-order valence-corrected chi connectivity index (χ2v) is 5.89. The molecule has 1 aromatic heterocycles. The van der Waals surface area contributed by atoms with E-state index in [4.69, 9.17) is 0 Å². The van der Waals surface area contributed by atoms with E-state index in [1.54, 1.807) is 0 Å². The molecule has 1 aliphatic heterocycles. The molecule has 1 amide bonds. The molecule has 5 nitrogen and oxygen atoms in total. The van der Waals surface area contributed by atoms with Crippen molar-refractivity contribution < 1.29 is 4.79 Å². The summed E-state index contributed by atoms with van der Waals surface area (Å²) in [5.74, 6) is 1.55. The van der Waals surface area contributed by atoms with Gasteiger partial charge in [0, 0.05) is 23.7 Å². The maximum absolute atomic E-state index is 12.6. The van der Waals surface area contributed by atoms with E-state index < -0.39 is 0 Å². The number of carbonyl (C=O) groups excluding carboxylic acids is 1. The zero-order valence-corrected chi connectivity index (χ0v) is 12.4. The molecule has 0 bridgehead atoms. The quantitative estimate of drug-likeness (QED) is 0.922. The summed E-state index contributed by atoms with van der Waals surface area (Å²) in [6.07, 6.45) is 3.65. The fraction of sp³-hybridized carbons (Fsp3) is 0.438. The van der Waals surface area contributed by atoms with Crippen LogP contribution in [0.25, 0.3) is 11.4 Å². The average Bonchev–Trinajstić information content (AvgIpc) is 3.01. The molecule has 2 atom stereocenters. The molecule has 0 saturated carbocycles. The minimum absolute atomic E-state index is 0.124. The Morgan fingerprint density at radius 2 is 2.05 bits per heavy atom. The molecule has 1 aromatic carbocycles. The number of hydrogen-bond donors (Lipinski definition) is 1. The van der Waals surface area contributed by atoms with Crippen LogP contribution in [0, 0.1) is 5.92 Å². The summed E-state index contributed by atoms with van der Waals surface area (Å²) in [7, 11) is 0. The maximum Gasteiger partial charge on any atom is 0.254 e. The Morgan fingerprint density at radius 1 is 1.29 bits per heavy atom. The van der Waals surface area contributed by atoms with E-state index in [0.29, 0.717) is 17.8 Å². The number of likely N-dealkylation sites (tertiary alicyclic amines) is 1. The highest BCUT2D eigenvalue weighted by molar-refractivity contribution is 5.94. The molecule has 0 spiro atoms. The van der Waals surface area contributed by atoms with Gasteiger partial charge in [-0.15, -0.1) is 0 Å². The van der Waals surface area contributed by atoms with Crippen molar-refractivity contribution in [3.8, 4) is 11.4 Å². The third-order valence-electron chi connectivity index (χ3n) is 4.22. The number of aromatic amines is 1. The number of carbonyl (C=O) groups is 1. The first kappa shape index (κ1) is 13.8. The van der Waals surface area contributed by atoms with Crippen molar-refractivity contribution in [3.63, 3.8) is 0 Å². The van der Waals surface area contributed by atoms with Gasteiger partial charge in [0.15, 0.2) is 5.82 Å². The molecule has 1 saturated heterocycles. The topological polar surface area (TPSA) is 61.9 Å². The summed E-state index contributed by atoms with van der Waals surface area (Å²) in [5.41, 5.74) is 1.67. The van der Waals surface area contributed by atoms with E-state index in [0.717, 1.165) is 30.5 Å². The minimum Gasteiger partial charge on any atom is -0.336 e. The molecule has 2 heterocycles. The number of nitrogens with zero attached hydrogens (tertiary/aromatic N) is 3. The number of benzene rings is 1. The van der Waals surface area contributed by atoms with Gasteiger partial charge in [0.25, 0.3) is 5.91 Å². The third kappa shape index (κ3) is 2.82. The Kier molecular flexibility index (Phi) is 3.73. The summed E-state index contributed by atoms with van der Waals surface area (Å²) < 4.78 is 0. The van der Waals surface area contributed by atoms with E-state index in [9.17, 15) is 4.79 Å². The monoisotopic (exact) mass is 284 g/mol. The van der Waals surface area contributed by atoms with Crippen LogP contribution < -0.4 is 0 Å². The molecule has 0 aliphatic carbocycles. The average molecular weight is 284 g/mol. The van der Waals surface area contributed by atoms with Gasteiger partial charge in [0.1, 0.15) is 6.33 Å². The summed E-state index contributed by atoms with van der Waals surface area (Å²) in [6, 6.07) is 7.86. The maximum atomic E-state index is 12.6. The van der Waals surface area contributed by atoms with Crippen molar-refractivity contribution in [1.82, 2.24) is 20.1 Å². The van der Waals surface area contributed by atoms with Crippen LogP contribution in [0.3, 0.4) is 0 Å². The van der Waals surface area contributed by atoms with Crippen molar-refractivity contribution in [2.75, 3.05) is 6.54 Å². The predicted octanol–water partition coefficient (Wildman–Crippen LogP) is 2.73. The number of amides is 1. The zero-order chi connectivity index (χ0) is 14.8. The highest BCUT2D eigenvalue weighted by Crippen LogP contribution is 2.24. The van der Waals surface area contributed by atoms with Gasteiger partial charge in [0.05, 0.1) is 0 Å². The van der Waals surface area contributed by atoms with Gasteiger partial charge < -0.3 is 4.90 Å². The van der Waals surface area contributed by atoms with Gasteiger partial charge in [-0.25, -0.2) is 4.98 Å². The molecule has 2 aromatic rings. The second kappa shape index (κ2) is 5.68. The fourth-order valence-corrected chi connectivity index (χ4v) is 2.99. The van der Waals surface area contributed by atoms with E-state index in [1.165, 1.54) is 6.33 Å². The lowest BCUT2D eigenvalue weighted by molar-refractivity contribution is 0.0588. The molecule has 5 heteroatoms. The van der Waals surface area contributed by atoms with Crippen molar-refractivity contribution in [2.24, 2.45) is 5.92 Å². The zero-order valence-electron chi connectivity index (χ0n) is 12.4. The molecule has 1 N–H and O–H groups in total. The van der Waals surface area contributed by atoms with Crippen LogP contribution in [0.15, 0.2) is 30.6 Å². The van der Waals surface area contributed by atoms with Crippen molar-refractivity contribution >= 4 is 5.91 Å². The normalized spacial score (nSPS) is 22.3. The second-order valence-electron chi connectivity index (χ2n) is 5.89. The van der Waals surface area contributed by atoms with Crippen molar-refractivity contribution in [1.29, 1.82) is 0 Å². The first-order valence-electron chi connectivity index (χ1n) is 7.42. The van der Waals surface area contributed by atoms with Crippen LogP contribution >= 0.6 is 0 Å². The standard InChI is InChI=1S/C16H20N4O/c1-11-7-8-20(12(2)9-11)16(21)14-5-3-13(4-6-14)15-17-10-18-19-15/h3-6,10-12H,7-9H2,1-2H3,(H,17,18,19)/t11-,12-/m1/s1. The van der Waals surface area contributed by atoms with Crippen LogP contribution in [0.1, 0.15) is 37.0 Å². The van der Waals surface area contributed by atoms with Crippen molar-refractivity contribution in [2.45, 2.75) is 32.7 Å². The highest BCUT2D eigenvalue weighted by Gasteiger charge is 2.27. The highest BCUT2D eigenvalue weighted by atomic mass is 16.2. The first-order valence-corrected chi connectivity index (χ1v) is 7.42. The number of aromatic nitrogens is 3. The van der Waals surface area contributed by atoms with Crippen LogP contribution in [0.2, 0.25) is 0 Å². The summed E-state index contributed by atoms with van der Waals surface area (Å²) in [6.45, 7) is 5.24. The predicted molar refractivity (Wildman–Crippen MR) is 80.7 cm³/mol. The molecule has 110 valence electrons. The van der Waals surface area contributed by atoms with E-state index in [2.05, 4.69) is 29.0 Å². The number of H-pyrrole nitrogens is 1. The molecule has 21 heavy (non-hydrogen) atoms. The number of rotatable bonds is 2. The van der Waals surface area contributed by atoms with Gasteiger partial charge in [0.2, 0.25) is 0 Å². The molecule has 0 radical (unpaired) electrons. The van der Waals surface area contributed by atoms with E-state index in [-0.39, 0.29) is 5.91 Å². The van der Waals surface area contributed by atoms with Crippen LogP contribution in [-0.2, 0) is 0 Å². The molecular weight excluding hydrogens is 264 g/mol. The third-order valence-corrected chi connectivity index (χ3v) is 4.22. The molecule has 3 rings (SSSR count). The Morgan fingerprint density at radius 3 is 2.67 bits per heavy atom. The lowest BCUT2D eigenvalue weighted by Crippen LogP contribution is -2.44. The SMILES string of the molecule is C[C@@H]1CCN(C(=O)c2ccc(-c3ncn[nH]3)cc2)[C@H](C)C1. The van der Waals surface area contributed by atoms with E-state index in [1.807, 2.05) is 29.2 Å². The molecule has 1 aliphatic rings. The van der Waals surface area contributed by atoms with Gasteiger partial charge in [-0.05, 0) is 37.8 Å². The Labute approximate surface area is 124 Å². The molecular formula is C16H20N4O. The number of piperidine rings is 1. The number of nitrogens with one attached hydrogen (secondary N) is 1. The van der Waals surface area contributed by atoms with Gasteiger partial charge in [-0.2, -0.15) is 5.10 Å². The fourth-order valence-electron chi connectivity index (χ4n) is 2.99. The van der Waals surface area contributed by atoms with Gasteiger partial charge in [-0.3, -0.25) is 9.89 Å². The van der Waals surface area contributed by atoms with Crippen LogP contribution in [-0.4, -0.2) is 38.6 Å². The van der Waals surface area contributed by atoms with Crippen LogP contribution in [0.4, 0.5) is 0 Å². The lowest BCUT2D eigenvalue weighted by atomic mass is 9.93. The summed E-state index contributed by atoms with van der Waals surface area (Å²) in [5, 5.41) is 6.66. The van der Waals surface area contributed by atoms with Crippen molar-refractivity contribution in [3.05, 3.63) is 36.2 Å². The Balaban J connectivity index is 1.76. The Bertz CT molecular complexity index is 606. The van der Waals surface area contributed by atoms with Crippen LogP contribution in [0.5, 0.6) is 0 Å². The summed E-state index contributed by atoms with van der Waals surface area (Å²) in [4.78, 5) is 18.7. The van der Waals surface area contributed by atoms with Gasteiger partial charge in [-0.1, -0.05) is 19.1 Å². The number of hydrogen-bond acceptors (Lipinski definition) is 3. The minimum atomic E-state index is 0.124. The Hall–Kier alpha value is -2.17. The molecule has 1 fully saturated rings. The van der Waals surface area contributed by atoms with Gasteiger partial charge >= 0.3 is 0 Å². The lowest BCUT2D eigenvalue weighted by Gasteiger charge is -2.36. The summed E-state index contributed by atoms with van der Waals surface area (Å²) >= 11 is 0.